The van der Waals surface area contributed by atoms with Crippen LogP contribution in [0.3, 0.4) is 0 Å². The van der Waals surface area contributed by atoms with Crippen LogP contribution < -0.4 is 0 Å². The van der Waals surface area contributed by atoms with Gasteiger partial charge in [-0.3, -0.25) is 0 Å². The van der Waals surface area contributed by atoms with Crippen LogP contribution in [0.1, 0.15) is 49.7 Å². The molecule has 1 N–H and O–H groups in total. The van der Waals surface area contributed by atoms with E-state index in [-0.39, 0.29) is 5.82 Å². The van der Waals surface area contributed by atoms with Gasteiger partial charge in [-0.05, 0) is 56.5 Å². The number of rotatable bonds is 2. The predicted molar refractivity (Wildman–Crippen MR) is 106 cm³/mol. The smallest absolute Gasteiger partial charge is 0.151 e. The summed E-state index contributed by atoms with van der Waals surface area (Å²) < 4.78 is 17.2. The molecule has 4 nitrogen and oxygen atoms in total. The van der Waals surface area contributed by atoms with Crippen molar-refractivity contribution in [2.45, 2.75) is 52.0 Å². The zero-order valence-electron chi connectivity index (χ0n) is 15.7. The first-order valence-electron chi connectivity index (χ1n) is 9.75. The summed E-state index contributed by atoms with van der Waals surface area (Å²) in [5, 5.41) is 1.01. The Kier molecular flexibility index (Phi) is 3.78. The number of nitrogens with zero attached hydrogens (tertiary/aromatic N) is 3. The summed E-state index contributed by atoms with van der Waals surface area (Å²) in [7, 11) is 0. The Morgan fingerprint density at radius 2 is 1.89 bits per heavy atom. The third kappa shape index (κ3) is 2.64. The summed E-state index contributed by atoms with van der Waals surface area (Å²) >= 11 is 0. The molecule has 1 aliphatic carbocycles. The fraction of sp³-hybridized carbons (Fsp3) is 0.364. The fourth-order valence-corrected chi connectivity index (χ4v) is 4.57. The van der Waals surface area contributed by atoms with Gasteiger partial charge in [0.2, 0.25) is 0 Å². The Morgan fingerprint density at radius 3 is 2.70 bits per heavy atom. The molecule has 5 heteroatoms. The topological polar surface area (TPSA) is 46.5 Å². The first-order valence-corrected chi connectivity index (χ1v) is 9.75. The molecule has 0 unspecified atom stereocenters. The van der Waals surface area contributed by atoms with E-state index in [0.29, 0.717) is 11.6 Å². The number of imidazole rings is 1. The van der Waals surface area contributed by atoms with Crippen molar-refractivity contribution in [3.8, 4) is 11.1 Å². The molecule has 1 aliphatic rings. The molecule has 0 saturated heterocycles. The van der Waals surface area contributed by atoms with Crippen LogP contribution >= 0.6 is 0 Å². The Hall–Kier alpha value is -2.69. The number of aromatic nitrogens is 4. The van der Waals surface area contributed by atoms with Gasteiger partial charge in [-0.25, -0.2) is 14.4 Å². The molecule has 1 fully saturated rings. The zero-order chi connectivity index (χ0) is 18.5. The highest BCUT2D eigenvalue weighted by Crippen LogP contribution is 2.36. The van der Waals surface area contributed by atoms with Crippen LogP contribution in [-0.2, 0) is 0 Å². The van der Waals surface area contributed by atoms with Crippen LogP contribution in [0.4, 0.5) is 4.39 Å². The van der Waals surface area contributed by atoms with Crippen molar-refractivity contribution in [2.24, 2.45) is 0 Å². The molecule has 0 bridgehead atoms. The second-order valence-electron chi connectivity index (χ2n) is 7.70. The summed E-state index contributed by atoms with van der Waals surface area (Å²) in [5.74, 6) is 0.652. The van der Waals surface area contributed by atoms with Crippen molar-refractivity contribution in [3.63, 3.8) is 0 Å². The highest BCUT2D eigenvalue weighted by molar-refractivity contribution is 5.96. The van der Waals surface area contributed by atoms with E-state index in [2.05, 4.69) is 31.7 Å². The summed E-state index contributed by atoms with van der Waals surface area (Å²) in [6.07, 6.45) is 7.98. The molecule has 3 aromatic heterocycles. The largest absolute Gasteiger partial charge is 0.346 e. The zero-order valence-corrected chi connectivity index (χ0v) is 15.7. The van der Waals surface area contributed by atoms with Crippen LogP contribution in [0, 0.1) is 19.7 Å². The number of hydrogen-bond acceptors (Lipinski definition) is 2. The SMILES string of the molecule is Cc1ccc2c(-c3cc(F)c4nc(C)n(C5CCCCC5)c4c3)c[nH]c2n1. The Labute approximate surface area is 157 Å². The average Bonchev–Trinajstić information content (AvgIpc) is 3.22. The molecule has 3 heterocycles. The van der Waals surface area contributed by atoms with Crippen molar-refractivity contribution < 1.29 is 4.39 Å². The minimum atomic E-state index is -0.255. The average molecular weight is 362 g/mol. The van der Waals surface area contributed by atoms with Gasteiger partial charge in [-0.15, -0.1) is 0 Å². The lowest BCUT2D eigenvalue weighted by Crippen LogP contribution is -2.14. The molecular weight excluding hydrogens is 339 g/mol. The second kappa shape index (κ2) is 6.19. The van der Waals surface area contributed by atoms with Gasteiger partial charge in [0.1, 0.15) is 17.0 Å². The van der Waals surface area contributed by atoms with Crippen molar-refractivity contribution in [3.05, 3.63) is 47.8 Å². The van der Waals surface area contributed by atoms with Gasteiger partial charge >= 0.3 is 0 Å². The van der Waals surface area contributed by atoms with Gasteiger partial charge in [-0.2, -0.15) is 0 Å². The molecule has 0 atom stereocenters. The lowest BCUT2D eigenvalue weighted by Gasteiger charge is -2.25. The Balaban J connectivity index is 1.71. The number of benzene rings is 1. The molecular formula is C22H23FN4. The molecule has 4 aromatic rings. The van der Waals surface area contributed by atoms with E-state index in [1.54, 1.807) is 6.07 Å². The molecule has 0 radical (unpaired) electrons. The maximum Gasteiger partial charge on any atom is 0.151 e. The summed E-state index contributed by atoms with van der Waals surface area (Å²) in [6.45, 7) is 3.96. The third-order valence-corrected chi connectivity index (χ3v) is 5.85. The van der Waals surface area contributed by atoms with E-state index >= 15 is 0 Å². The van der Waals surface area contributed by atoms with E-state index < -0.39 is 0 Å². The first-order chi connectivity index (χ1) is 13.1. The van der Waals surface area contributed by atoms with Gasteiger partial charge in [-0.1, -0.05) is 19.3 Å². The summed E-state index contributed by atoms with van der Waals surface area (Å²) in [6, 6.07) is 8.16. The van der Waals surface area contributed by atoms with Crippen LogP contribution in [0.25, 0.3) is 33.2 Å². The quantitative estimate of drug-likeness (QED) is 0.487. The van der Waals surface area contributed by atoms with E-state index in [4.69, 9.17) is 0 Å². The number of fused-ring (bicyclic) bond motifs is 2. The second-order valence-corrected chi connectivity index (χ2v) is 7.70. The number of aromatic amines is 1. The molecule has 1 saturated carbocycles. The molecule has 5 rings (SSSR count). The van der Waals surface area contributed by atoms with Gasteiger partial charge in [0, 0.05) is 28.9 Å². The standard InChI is InChI=1S/C22H23FN4/c1-13-8-9-17-18(12-24-22(17)25-13)15-10-19(23)21-20(11-15)27(14(2)26-21)16-6-4-3-5-7-16/h8-12,16H,3-7H2,1-2H3,(H,24,25). The molecule has 0 amide bonds. The van der Waals surface area contributed by atoms with E-state index in [1.807, 2.05) is 26.1 Å². The van der Waals surface area contributed by atoms with Crippen LogP contribution in [0.15, 0.2) is 30.5 Å². The number of pyridine rings is 1. The molecule has 27 heavy (non-hydrogen) atoms. The van der Waals surface area contributed by atoms with Crippen molar-refractivity contribution in [2.75, 3.05) is 0 Å². The van der Waals surface area contributed by atoms with Crippen molar-refractivity contribution in [1.82, 2.24) is 19.5 Å². The minimum Gasteiger partial charge on any atom is -0.346 e. The molecule has 138 valence electrons. The number of nitrogens with one attached hydrogen (secondary N) is 1. The van der Waals surface area contributed by atoms with Crippen LogP contribution in [0.2, 0.25) is 0 Å². The van der Waals surface area contributed by atoms with Crippen molar-refractivity contribution >= 4 is 22.1 Å². The maximum atomic E-state index is 15.0. The lowest BCUT2D eigenvalue weighted by molar-refractivity contribution is 0.355. The first kappa shape index (κ1) is 16.5. The minimum absolute atomic E-state index is 0.255. The Morgan fingerprint density at radius 1 is 1.07 bits per heavy atom. The van der Waals surface area contributed by atoms with Gasteiger partial charge in [0.15, 0.2) is 5.82 Å². The fourth-order valence-electron chi connectivity index (χ4n) is 4.57. The van der Waals surface area contributed by atoms with E-state index in [0.717, 1.165) is 52.0 Å². The van der Waals surface area contributed by atoms with E-state index in [9.17, 15) is 4.39 Å². The van der Waals surface area contributed by atoms with Crippen molar-refractivity contribution in [1.29, 1.82) is 0 Å². The molecule has 0 spiro atoms. The lowest BCUT2D eigenvalue weighted by atomic mass is 9.95. The highest BCUT2D eigenvalue weighted by atomic mass is 19.1. The number of halogens is 1. The third-order valence-electron chi connectivity index (χ3n) is 5.85. The summed E-state index contributed by atoms with van der Waals surface area (Å²) in [5.41, 5.74) is 5.03. The van der Waals surface area contributed by atoms with Crippen LogP contribution in [0.5, 0.6) is 0 Å². The van der Waals surface area contributed by atoms with E-state index in [1.165, 1.54) is 19.3 Å². The highest BCUT2D eigenvalue weighted by Gasteiger charge is 2.22. The monoisotopic (exact) mass is 362 g/mol. The summed E-state index contributed by atoms with van der Waals surface area (Å²) in [4.78, 5) is 12.3. The van der Waals surface area contributed by atoms with Gasteiger partial charge < -0.3 is 9.55 Å². The Bertz CT molecular complexity index is 1150. The maximum absolute atomic E-state index is 15.0. The molecule has 0 aliphatic heterocycles. The molecule has 1 aromatic carbocycles. The normalized spacial score (nSPS) is 15.8. The predicted octanol–water partition coefficient (Wildman–Crippen LogP) is 5.84. The number of H-pyrrole nitrogens is 1. The van der Waals surface area contributed by atoms with Crippen LogP contribution in [-0.4, -0.2) is 19.5 Å². The van der Waals surface area contributed by atoms with Gasteiger partial charge in [0.25, 0.3) is 0 Å². The number of aryl methyl sites for hydroxylation is 2. The van der Waals surface area contributed by atoms with Gasteiger partial charge in [0.05, 0.1) is 5.52 Å². The number of hydrogen-bond donors (Lipinski definition) is 1.